The first kappa shape index (κ1) is 16.3. The number of ether oxygens (including phenoxy) is 1. The average Bonchev–Trinajstić information content (AvgIpc) is 2.48. The summed E-state index contributed by atoms with van der Waals surface area (Å²) in [4.78, 5) is 4.28. The van der Waals surface area contributed by atoms with Crippen molar-refractivity contribution in [2.45, 2.75) is 39.0 Å². The van der Waals surface area contributed by atoms with Crippen molar-refractivity contribution in [1.82, 2.24) is 5.32 Å². The number of hydrogen-bond donors (Lipinski definition) is 2. The van der Waals surface area contributed by atoms with Gasteiger partial charge in [-0.25, -0.2) is 0 Å². The molecule has 0 aromatic heterocycles. The van der Waals surface area contributed by atoms with Crippen molar-refractivity contribution < 1.29 is 4.74 Å². The minimum absolute atomic E-state index is 0.543. The van der Waals surface area contributed by atoms with Crippen molar-refractivity contribution in [3.8, 4) is 5.75 Å². The highest BCUT2D eigenvalue weighted by molar-refractivity contribution is 5.77. The molecule has 0 aliphatic carbocycles. The lowest BCUT2D eigenvalue weighted by Crippen LogP contribution is -2.32. The van der Waals surface area contributed by atoms with Gasteiger partial charge in [0.05, 0.1) is 6.61 Å². The van der Waals surface area contributed by atoms with Gasteiger partial charge in [-0.1, -0.05) is 44.4 Å². The number of nitrogens with two attached hydrogens (primary N) is 1. The van der Waals surface area contributed by atoms with Gasteiger partial charge in [0.25, 0.3) is 0 Å². The maximum absolute atomic E-state index is 5.78. The summed E-state index contributed by atoms with van der Waals surface area (Å²) in [7, 11) is 0. The first-order valence-corrected chi connectivity index (χ1v) is 7.54. The fraction of sp³-hybridized carbons (Fsp3) is 0.562. The number of nitrogens with zero attached hydrogens (tertiary/aromatic N) is 1. The van der Waals surface area contributed by atoms with E-state index in [1.807, 2.05) is 30.3 Å². The van der Waals surface area contributed by atoms with Gasteiger partial charge in [-0.15, -0.1) is 0 Å². The Morgan fingerprint density at radius 3 is 2.70 bits per heavy atom. The van der Waals surface area contributed by atoms with Crippen molar-refractivity contribution >= 4 is 5.96 Å². The smallest absolute Gasteiger partial charge is 0.188 e. The summed E-state index contributed by atoms with van der Waals surface area (Å²) in [6.45, 7) is 4.48. The minimum Gasteiger partial charge on any atom is -0.494 e. The Balaban J connectivity index is 2.00. The monoisotopic (exact) mass is 277 g/mol. The van der Waals surface area contributed by atoms with Crippen LogP contribution in [0.2, 0.25) is 0 Å². The van der Waals surface area contributed by atoms with Crippen molar-refractivity contribution in [1.29, 1.82) is 0 Å². The van der Waals surface area contributed by atoms with Crippen LogP contribution in [0.3, 0.4) is 0 Å². The summed E-state index contributed by atoms with van der Waals surface area (Å²) in [5.41, 5.74) is 5.78. The predicted octanol–water partition coefficient (Wildman–Crippen LogP) is 2.94. The van der Waals surface area contributed by atoms with E-state index in [-0.39, 0.29) is 0 Å². The van der Waals surface area contributed by atoms with Gasteiger partial charge >= 0.3 is 0 Å². The number of rotatable bonds is 10. The van der Waals surface area contributed by atoms with Gasteiger partial charge in [-0.2, -0.15) is 0 Å². The summed E-state index contributed by atoms with van der Waals surface area (Å²) in [6.07, 6.45) is 5.82. The fourth-order valence-electron chi connectivity index (χ4n) is 1.79. The number of aliphatic imine (C=N–C) groups is 1. The van der Waals surface area contributed by atoms with Crippen LogP contribution in [0.15, 0.2) is 35.3 Å². The van der Waals surface area contributed by atoms with E-state index < -0.39 is 0 Å². The molecule has 0 atom stereocenters. The Kier molecular flexibility index (Phi) is 9.11. The van der Waals surface area contributed by atoms with E-state index in [9.17, 15) is 0 Å². The molecule has 0 bridgehead atoms. The molecule has 4 heteroatoms. The van der Waals surface area contributed by atoms with Crippen molar-refractivity contribution in [3.05, 3.63) is 30.3 Å². The maximum Gasteiger partial charge on any atom is 0.188 e. The zero-order chi connectivity index (χ0) is 14.5. The largest absolute Gasteiger partial charge is 0.494 e. The third kappa shape index (κ3) is 8.40. The molecule has 0 heterocycles. The van der Waals surface area contributed by atoms with Gasteiger partial charge in [0.1, 0.15) is 5.75 Å². The second kappa shape index (κ2) is 11.1. The molecule has 0 radical (unpaired) electrons. The van der Waals surface area contributed by atoms with E-state index >= 15 is 0 Å². The Hall–Kier alpha value is -1.71. The topological polar surface area (TPSA) is 59.6 Å². The van der Waals surface area contributed by atoms with E-state index in [2.05, 4.69) is 17.2 Å². The Morgan fingerprint density at radius 1 is 1.15 bits per heavy atom. The predicted molar refractivity (Wildman–Crippen MR) is 85.2 cm³/mol. The van der Waals surface area contributed by atoms with E-state index in [0.29, 0.717) is 19.1 Å². The number of hydrogen-bond acceptors (Lipinski definition) is 2. The van der Waals surface area contributed by atoms with Crippen LogP contribution in [0.4, 0.5) is 0 Å². The second-order valence-corrected chi connectivity index (χ2v) is 4.77. The van der Waals surface area contributed by atoms with Crippen LogP contribution >= 0.6 is 0 Å². The highest BCUT2D eigenvalue weighted by atomic mass is 16.5. The molecule has 1 aromatic rings. The number of guanidine groups is 1. The van der Waals surface area contributed by atoms with Crippen LogP contribution in [0.5, 0.6) is 5.75 Å². The molecule has 0 saturated carbocycles. The summed E-state index contributed by atoms with van der Waals surface area (Å²) in [5.74, 6) is 1.44. The molecule has 4 nitrogen and oxygen atoms in total. The van der Waals surface area contributed by atoms with Gasteiger partial charge in [0, 0.05) is 19.5 Å². The van der Waals surface area contributed by atoms with Gasteiger partial charge in [0.15, 0.2) is 5.96 Å². The summed E-state index contributed by atoms with van der Waals surface area (Å²) in [5, 5.41) is 3.14. The lowest BCUT2D eigenvalue weighted by Gasteiger charge is -2.06. The average molecular weight is 277 g/mol. The molecule has 20 heavy (non-hydrogen) atoms. The quantitative estimate of drug-likeness (QED) is 0.393. The first-order valence-electron chi connectivity index (χ1n) is 7.54. The van der Waals surface area contributed by atoms with Crippen LogP contribution in [0.1, 0.15) is 39.0 Å². The maximum atomic E-state index is 5.78. The third-order valence-electron chi connectivity index (χ3n) is 2.93. The van der Waals surface area contributed by atoms with Crippen molar-refractivity contribution in [2.75, 3.05) is 19.7 Å². The molecule has 0 saturated heterocycles. The minimum atomic E-state index is 0.543. The second-order valence-electron chi connectivity index (χ2n) is 4.77. The molecule has 112 valence electrons. The zero-order valence-electron chi connectivity index (χ0n) is 12.5. The number of nitrogens with one attached hydrogen (secondary N) is 1. The highest BCUT2D eigenvalue weighted by Gasteiger charge is 1.93. The molecular formula is C16H27N3O. The molecule has 1 rings (SSSR count). The van der Waals surface area contributed by atoms with Crippen LogP contribution in [0, 0.1) is 0 Å². The highest BCUT2D eigenvalue weighted by Crippen LogP contribution is 2.08. The standard InChI is InChI=1S/C16H27N3O/c1-2-3-4-8-12-18-16(17)19-13-9-14-20-15-10-6-5-7-11-15/h5-7,10-11H,2-4,8-9,12-14H2,1H3,(H3,17,18,19). The lowest BCUT2D eigenvalue weighted by atomic mass is 10.2. The zero-order valence-corrected chi connectivity index (χ0v) is 12.5. The molecule has 3 N–H and O–H groups in total. The van der Waals surface area contributed by atoms with Crippen molar-refractivity contribution in [2.24, 2.45) is 10.7 Å². The van der Waals surface area contributed by atoms with E-state index in [1.165, 1.54) is 19.3 Å². The molecule has 0 spiro atoms. The van der Waals surface area contributed by atoms with E-state index in [4.69, 9.17) is 10.5 Å². The van der Waals surface area contributed by atoms with Crippen molar-refractivity contribution in [3.63, 3.8) is 0 Å². The van der Waals surface area contributed by atoms with Crippen LogP contribution in [-0.2, 0) is 0 Å². The van der Waals surface area contributed by atoms with Gasteiger partial charge in [-0.3, -0.25) is 4.99 Å². The van der Waals surface area contributed by atoms with Crippen LogP contribution in [-0.4, -0.2) is 25.7 Å². The molecule has 0 aliphatic rings. The van der Waals surface area contributed by atoms with Gasteiger partial charge in [0.2, 0.25) is 0 Å². The number of para-hydroxylation sites is 1. The lowest BCUT2D eigenvalue weighted by molar-refractivity contribution is 0.313. The Labute approximate surface area is 122 Å². The van der Waals surface area contributed by atoms with Crippen LogP contribution < -0.4 is 15.8 Å². The molecule has 0 aliphatic heterocycles. The van der Waals surface area contributed by atoms with Gasteiger partial charge < -0.3 is 15.8 Å². The van der Waals surface area contributed by atoms with E-state index in [1.54, 1.807) is 0 Å². The molecule has 0 fully saturated rings. The van der Waals surface area contributed by atoms with Crippen LogP contribution in [0.25, 0.3) is 0 Å². The molecule has 0 unspecified atom stereocenters. The normalized spacial score (nSPS) is 11.3. The molecule has 1 aromatic carbocycles. The SMILES string of the molecule is CCCCCCNC(N)=NCCCOc1ccccc1. The number of benzene rings is 1. The fourth-order valence-corrected chi connectivity index (χ4v) is 1.79. The van der Waals surface area contributed by atoms with Gasteiger partial charge in [-0.05, 0) is 18.6 Å². The Morgan fingerprint density at radius 2 is 1.95 bits per heavy atom. The third-order valence-corrected chi connectivity index (χ3v) is 2.93. The summed E-state index contributed by atoms with van der Waals surface area (Å²) < 4.78 is 5.58. The Bertz CT molecular complexity index is 365. The summed E-state index contributed by atoms with van der Waals surface area (Å²) in [6, 6.07) is 9.82. The molecule has 0 amide bonds. The summed E-state index contributed by atoms with van der Waals surface area (Å²) >= 11 is 0. The molecular weight excluding hydrogens is 250 g/mol. The number of unbranched alkanes of at least 4 members (excludes halogenated alkanes) is 3. The first-order chi connectivity index (χ1) is 9.83. The van der Waals surface area contributed by atoms with E-state index in [0.717, 1.165) is 25.1 Å².